The average molecular weight is 449 g/mol. The molecule has 0 spiro atoms. The van der Waals surface area contributed by atoms with Gasteiger partial charge in [-0.1, -0.05) is 30.3 Å². The molecule has 8 nitrogen and oxygen atoms in total. The van der Waals surface area contributed by atoms with Gasteiger partial charge in [-0.05, 0) is 42.8 Å². The van der Waals surface area contributed by atoms with Crippen molar-refractivity contribution in [3.63, 3.8) is 0 Å². The molecule has 2 aromatic carbocycles. The average Bonchev–Trinajstić information content (AvgIpc) is 3.53. The predicted octanol–water partition coefficient (Wildman–Crippen LogP) is 4.37. The summed E-state index contributed by atoms with van der Waals surface area (Å²) in [7, 11) is 0. The number of imidazole rings is 1. The summed E-state index contributed by atoms with van der Waals surface area (Å²) in [5, 5.41) is 12.1. The van der Waals surface area contributed by atoms with Gasteiger partial charge in [-0.25, -0.2) is 4.98 Å². The fourth-order valence-corrected chi connectivity index (χ4v) is 4.51. The zero-order valence-electron chi connectivity index (χ0n) is 18.1. The minimum Gasteiger partial charge on any atom is -0.507 e. The highest BCUT2D eigenvalue weighted by Crippen LogP contribution is 2.41. The number of para-hydroxylation sites is 1. The van der Waals surface area contributed by atoms with Crippen LogP contribution in [0, 0.1) is 6.92 Å². The molecular weight excluding hydrogens is 430 g/mol. The van der Waals surface area contributed by atoms with Crippen LogP contribution >= 0.6 is 0 Å². The number of rotatable bonds is 3. The number of benzene rings is 2. The van der Waals surface area contributed by atoms with E-state index in [1.807, 2.05) is 49.4 Å². The number of fused-ring (bicyclic) bond motifs is 2. The number of hydrogen-bond acceptors (Lipinski definition) is 5. The highest BCUT2D eigenvalue weighted by Gasteiger charge is 2.49. The molecule has 34 heavy (non-hydrogen) atoms. The number of aliphatic hydroxyl groups is 1. The first kappa shape index (κ1) is 19.9. The number of carbonyl (C=O) groups is 2. The molecule has 5 aromatic rings. The second-order valence-corrected chi connectivity index (χ2v) is 8.25. The smallest absolute Gasteiger partial charge is 0.302 e. The topological polar surface area (TPSA) is 115 Å². The number of H-pyrrole nitrogens is 2. The summed E-state index contributed by atoms with van der Waals surface area (Å²) in [5.74, 6) is -1.62. The molecule has 1 aliphatic heterocycles. The third-order valence-electron chi connectivity index (χ3n) is 6.11. The van der Waals surface area contributed by atoms with Crippen LogP contribution in [0.5, 0.6) is 0 Å². The number of aryl methyl sites for hydroxylation is 1. The van der Waals surface area contributed by atoms with E-state index in [0.29, 0.717) is 16.8 Å². The highest BCUT2D eigenvalue weighted by atomic mass is 16.3. The number of ketones is 1. The molecular formula is C26H19N5O3. The summed E-state index contributed by atoms with van der Waals surface area (Å²) < 4.78 is 0. The Balaban J connectivity index is 1.59. The standard InChI is InChI=1S/C26H19N5O3/c1-14-9-10-18-20(12-14)30-26(29-18)31-22(19-8-4-5-11-27-19)21(24(33)25(31)34)23(32)16-13-28-17-7-3-2-6-15(16)17/h2-13,22,28,32H,1H3,(H,29,30)/b23-21+. The van der Waals surface area contributed by atoms with Gasteiger partial charge in [0.1, 0.15) is 11.8 Å². The van der Waals surface area contributed by atoms with Crippen LogP contribution in [0.2, 0.25) is 0 Å². The summed E-state index contributed by atoms with van der Waals surface area (Å²) in [4.78, 5) is 43.1. The van der Waals surface area contributed by atoms with Crippen LogP contribution in [0.1, 0.15) is 22.9 Å². The van der Waals surface area contributed by atoms with Crippen LogP contribution in [0.4, 0.5) is 5.95 Å². The Bertz CT molecular complexity index is 1630. The van der Waals surface area contributed by atoms with Gasteiger partial charge in [0, 0.05) is 28.9 Å². The number of Topliss-reactive ketones (excluding diaryl/α,β-unsaturated/α-hetero) is 1. The number of amides is 1. The third kappa shape index (κ3) is 2.92. The lowest BCUT2D eigenvalue weighted by atomic mass is 9.98. The van der Waals surface area contributed by atoms with Gasteiger partial charge in [0.2, 0.25) is 5.95 Å². The predicted molar refractivity (Wildman–Crippen MR) is 128 cm³/mol. The molecule has 1 fully saturated rings. The summed E-state index contributed by atoms with van der Waals surface area (Å²) in [6.45, 7) is 1.96. The molecule has 1 unspecified atom stereocenters. The number of hydrogen-bond donors (Lipinski definition) is 3. The van der Waals surface area contributed by atoms with E-state index in [2.05, 4.69) is 19.9 Å². The van der Waals surface area contributed by atoms with Crippen molar-refractivity contribution in [1.29, 1.82) is 0 Å². The van der Waals surface area contributed by atoms with E-state index in [1.54, 1.807) is 30.6 Å². The maximum atomic E-state index is 13.3. The second kappa shape index (κ2) is 7.41. The Hall–Kier alpha value is -4.72. The van der Waals surface area contributed by atoms with Gasteiger partial charge in [-0.15, -0.1) is 0 Å². The van der Waals surface area contributed by atoms with E-state index in [-0.39, 0.29) is 17.3 Å². The molecule has 6 rings (SSSR count). The summed E-state index contributed by atoms with van der Waals surface area (Å²) in [6, 6.07) is 17.4. The van der Waals surface area contributed by atoms with E-state index in [0.717, 1.165) is 22.0 Å². The number of nitrogens with one attached hydrogen (secondary N) is 2. The van der Waals surface area contributed by atoms with Crippen LogP contribution < -0.4 is 4.90 Å². The number of carbonyl (C=O) groups excluding carboxylic acids is 2. The first-order valence-corrected chi connectivity index (χ1v) is 10.8. The van der Waals surface area contributed by atoms with Crippen LogP contribution in [0.15, 0.2) is 78.6 Å². The fourth-order valence-electron chi connectivity index (χ4n) is 4.51. The zero-order valence-corrected chi connectivity index (χ0v) is 18.1. The number of pyridine rings is 1. The molecule has 0 radical (unpaired) electrons. The molecule has 4 heterocycles. The van der Waals surface area contributed by atoms with E-state index < -0.39 is 17.7 Å². The zero-order chi connectivity index (χ0) is 23.4. The van der Waals surface area contributed by atoms with E-state index >= 15 is 0 Å². The monoisotopic (exact) mass is 449 g/mol. The first-order valence-electron chi connectivity index (χ1n) is 10.8. The van der Waals surface area contributed by atoms with Gasteiger partial charge >= 0.3 is 5.91 Å². The Kier molecular flexibility index (Phi) is 4.35. The molecule has 1 amide bonds. The minimum atomic E-state index is -0.948. The van der Waals surface area contributed by atoms with Gasteiger partial charge in [-0.3, -0.25) is 19.5 Å². The Labute approximate surface area is 193 Å². The molecule has 1 aliphatic rings. The van der Waals surface area contributed by atoms with E-state index in [4.69, 9.17) is 0 Å². The number of aliphatic hydroxyl groups excluding tert-OH is 1. The molecule has 0 aliphatic carbocycles. The van der Waals surface area contributed by atoms with Crippen molar-refractivity contribution >= 4 is 45.3 Å². The van der Waals surface area contributed by atoms with Gasteiger partial charge < -0.3 is 15.1 Å². The molecule has 0 saturated carbocycles. The largest absolute Gasteiger partial charge is 0.507 e. The van der Waals surface area contributed by atoms with E-state index in [9.17, 15) is 14.7 Å². The molecule has 1 atom stereocenters. The number of aromatic amines is 2. The SMILES string of the molecule is Cc1ccc2nc(N3C(=O)C(=O)/C(=C(/O)c4c[nH]c5ccccc45)C3c3ccccn3)[nH]c2c1. The first-order chi connectivity index (χ1) is 16.5. The molecule has 166 valence electrons. The molecule has 3 aromatic heterocycles. The van der Waals surface area contributed by atoms with Gasteiger partial charge in [0.05, 0.1) is 22.3 Å². The minimum absolute atomic E-state index is 0.0370. The van der Waals surface area contributed by atoms with Gasteiger partial charge in [-0.2, -0.15) is 0 Å². The van der Waals surface area contributed by atoms with Crippen LogP contribution in [-0.2, 0) is 9.59 Å². The highest BCUT2D eigenvalue weighted by molar-refractivity contribution is 6.51. The Morgan fingerprint density at radius 3 is 2.68 bits per heavy atom. The van der Waals surface area contributed by atoms with Gasteiger partial charge in [0.25, 0.3) is 5.78 Å². The van der Waals surface area contributed by atoms with Crippen molar-refractivity contribution in [1.82, 2.24) is 19.9 Å². The fraction of sp³-hybridized carbons (Fsp3) is 0.0769. The van der Waals surface area contributed by atoms with Crippen LogP contribution in [-0.4, -0.2) is 36.7 Å². The van der Waals surface area contributed by atoms with Crippen molar-refractivity contribution in [3.05, 3.63) is 95.5 Å². The van der Waals surface area contributed by atoms with Crippen molar-refractivity contribution in [2.24, 2.45) is 0 Å². The van der Waals surface area contributed by atoms with Crippen molar-refractivity contribution in [2.75, 3.05) is 4.90 Å². The van der Waals surface area contributed by atoms with Crippen LogP contribution in [0.25, 0.3) is 27.7 Å². The Morgan fingerprint density at radius 2 is 1.85 bits per heavy atom. The molecule has 1 saturated heterocycles. The molecule has 3 N–H and O–H groups in total. The van der Waals surface area contributed by atoms with Crippen molar-refractivity contribution in [2.45, 2.75) is 13.0 Å². The summed E-state index contributed by atoms with van der Waals surface area (Å²) in [6.07, 6.45) is 3.22. The van der Waals surface area contributed by atoms with Crippen LogP contribution in [0.3, 0.4) is 0 Å². The second-order valence-electron chi connectivity index (χ2n) is 8.25. The maximum absolute atomic E-state index is 13.3. The quantitative estimate of drug-likeness (QED) is 0.215. The lowest BCUT2D eigenvalue weighted by molar-refractivity contribution is -0.132. The van der Waals surface area contributed by atoms with E-state index in [1.165, 1.54) is 4.90 Å². The normalized spacial score (nSPS) is 17.8. The maximum Gasteiger partial charge on any atom is 0.302 e. The number of anilines is 1. The number of nitrogens with zero attached hydrogens (tertiary/aromatic N) is 3. The molecule has 0 bridgehead atoms. The van der Waals surface area contributed by atoms with Gasteiger partial charge in [0.15, 0.2) is 0 Å². The number of aromatic nitrogens is 4. The van der Waals surface area contributed by atoms with Crippen molar-refractivity contribution in [3.8, 4) is 0 Å². The third-order valence-corrected chi connectivity index (χ3v) is 6.11. The lowest BCUT2D eigenvalue weighted by Crippen LogP contribution is -2.30. The lowest BCUT2D eigenvalue weighted by Gasteiger charge is -2.21. The molecule has 8 heteroatoms. The summed E-state index contributed by atoms with van der Waals surface area (Å²) >= 11 is 0. The Morgan fingerprint density at radius 1 is 1.03 bits per heavy atom. The van der Waals surface area contributed by atoms with Crippen molar-refractivity contribution < 1.29 is 14.7 Å². The summed E-state index contributed by atoms with van der Waals surface area (Å²) in [5.41, 5.74) is 4.09.